The molecular weight excluding hydrogens is 524 g/mol. The second-order valence-electron chi connectivity index (χ2n) is 8.63. The number of hydrogen-bond acceptors (Lipinski definition) is 12. The summed E-state index contributed by atoms with van der Waals surface area (Å²) in [6, 6.07) is 3.77. The molecule has 2 saturated heterocycles. The molecule has 14 nitrogen and oxygen atoms in total. The van der Waals surface area contributed by atoms with Gasteiger partial charge >= 0.3 is 23.9 Å². The second-order valence-corrected chi connectivity index (χ2v) is 8.63. The molecule has 1 saturated carbocycles. The highest BCUT2D eigenvalue weighted by Crippen LogP contribution is 2.45. The van der Waals surface area contributed by atoms with Crippen LogP contribution in [0.15, 0.2) is 47.9 Å². The molecule has 2 spiro atoms. The Morgan fingerprint density at radius 3 is 1.38 bits per heavy atom. The van der Waals surface area contributed by atoms with Gasteiger partial charge in [0, 0.05) is 38.1 Å². The molecule has 40 heavy (non-hydrogen) atoms. The van der Waals surface area contributed by atoms with Gasteiger partial charge in [-0.25, -0.2) is 37.2 Å². The Labute approximate surface area is 229 Å². The van der Waals surface area contributed by atoms with Crippen LogP contribution < -0.4 is 0 Å². The highest BCUT2D eigenvalue weighted by molar-refractivity contribution is 6.16. The van der Waals surface area contributed by atoms with Gasteiger partial charge in [0.15, 0.2) is 0 Å². The van der Waals surface area contributed by atoms with Crippen LogP contribution in [0, 0.1) is 35.8 Å². The molecule has 0 amide bonds. The summed E-state index contributed by atoms with van der Waals surface area (Å²) >= 11 is 0. The maximum Gasteiger partial charge on any atom is 0.348 e. The lowest BCUT2D eigenvalue weighted by Crippen LogP contribution is -2.56. The molecule has 3 rings (SSSR count). The summed E-state index contributed by atoms with van der Waals surface area (Å²) in [7, 11) is 0. The number of esters is 4. The molecular formula is C26H22N6O8. The van der Waals surface area contributed by atoms with E-state index in [1.54, 1.807) is 0 Å². The number of rotatable bonds is 8. The first-order valence-corrected chi connectivity index (χ1v) is 11.8. The van der Waals surface area contributed by atoms with E-state index in [2.05, 4.69) is 9.69 Å². The average molecular weight is 546 g/mol. The van der Waals surface area contributed by atoms with Crippen LogP contribution in [0.4, 0.5) is 0 Å². The van der Waals surface area contributed by atoms with Gasteiger partial charge in [-0.2, -0.15) is 10.5 Å². The van der Waals surface area contributed by atoms with Crippen molar-refractivity contribution in [2.24, 2.45) is 0 Å². The lowest BCUT2D eigenvalue weighted by Gasteiger charge is -2.45. The normalized spacial score (nSPS) is 23.8. The third-order valence-corrected chi connectivity index (χ3v) is 5.94. The molecule has 1 aliphatic carbocycles. The maximum absolute atomic E-state index is 12.6. The van der Waals surface area contributed by atoms with E-state index in [9.17, 15) is 19.2 Å². The van der Waals surface area contributed by atoms with Gasteiger partial charge < -0.3 is 23.8 Å². The summed E-state index contributed by atoms with van der Waals surface area (Å²) < 4.78 is 21.7. The SMILES string of the molecule is [C-]#[N+]CN(C=CC=C1C(=O)OC2(CCC3(CC2)OC(=O)C(=CC=CN(CC#N)CC#N)C(=O)O3)OC1=O)C[N+]#[C-]. The van der Waals surface area contributed by atoms with Gasteiger partial charge in [-0.05, 0) is 24.3 Å². The maximum atomic E-state index is 12.6. The molecule has 2 aliphatic heterocycles. The Kier molecular flexibility index (Phi) is 9.25. The summed E-state index contributed by atoms with van der Waals surface area (Å²) in [6.45, 7) is 13.5. The van der Waals surface area contributed by atoms with E-state index >= 15 is 0 Å². The van der Waals surface area contributed by atoms with Gasteiger partial charge in [0.25, 0.3) is 24.9 Å². The summed E-state index contributed by atoms with van der Waals surface area (Å²) in [5.41, 5.74) is -0.769. The van der Waals surface area contributed by atoms with Crippen molar-refractivity contribution in [3.05, 3.63) is 70.7 Å². The molecule has 0 bridgehead atoms. The van der Waals surface area contributed by atoms with Crippen molar-refractivity contribution >= 4 is 23.9 Å². The molecule has 3 fully saturated rings. The van der Waals surface area contributed by atoms with Crippen molar-refractivity contribution in [3.8, 4) is 12.1 Å². The number of nitriles is 2. The molecule has 14 heteroatoms. The van der Waals surface area contributed by atoms with Crippen LogP contribution >= 0.6 is 0 Å². The topological polar surface area (TPSA) is 168 Å². The number of ether oxygens (including phenoxy) is 4. The van der Waals surface area contributed by atoms with Crippen LogP contribution in [0.1, 0.15) is 25.7 Å². The molecule has 3 aliphatic rings. The fraction of sp³-hybridized carbons (Fsp3) is 0.385. The van der Waals surface area contributed by atoms with E-state index in [4.69, 9.17) is 42.6 Å². The van der Waals surface area contributed by atoms with Crippen LogP contribution in [0.25, 0.3) is 9.69 Å². The van der Waals surface area contributed by atoms with Crippen molar-refractivity contribution in [1.82, 2.24) is 9.80 Å². The molecule has 0 aromatic heterocycles. The largest absolute Gasteiger partial charge is 0.419 e. The highest BCUT2D eigenvalue weighted by Gasteiger charge is 2.56. The number of carbonyl (C=O) groups is 4. The van der Waals surface area contributed by atoms with E-state index in [1.807, 2.05) is 12.1 Å². The van der Waals surface area contributed by atoms with Crippen LogP contribution in [0.3, 0.4) is 0 Å². The quantitative estimate of drug-likeness (QED) is 0.141. The number of hydrogen-bond donors (Lipinski definition) is 0. The van der Waals surface area contributed by atoms with Crippen LogP contribution in [-0.4, -0.2) is 71.7 Å². The Bertz CT molecular complexity index is 1180. The first-order chi connectivity index (χ1) is 19.2. The smallest absolute Gasteiger partial charge is 0.348 e. The molecule has 0 aromatic carbocycles. The zero-order valence-electron chi connectivity index (χ0n) is 21.1. The van der Waals surface area contributed by atoms with Crippen molar-refractivity contribution in [2.75, 3.05) is 26.4 Å². The fourth-order valence-corrected chi connectivity index (χ4v) is 3.98. The van der Waals surface area contributed by atoms with Crippen LogP contribution in [-0.2, 0) is 38.1 Å². The average Bonchev–Trinajstić information content (AvgIpc) is 2.90. The summed E-state index contributed by atoms with van der Waals surface area (Å²) in [5.74, 6) is -7.00. The number of carbonyl (C=O) groups excluding carboxylic acids is 4. The predicted molar refractivity (Wildman–Crippen MR) is 130 cm³/mol. The molecule has 0 radical (unpaired) electrons. The molecule has 0 atom stereocenters. The first kappa shape index (κ1) is 29.0. The van der Waals surface area contributed by atoms with Gasteiger partial charge in [-0.15, -0.1) is 0 Å². The Morgan fingerprint density at radius 1 is 0.700 bits per heavy atom. The van der Waals surface area contributed by atoms with E-state index in [0.29, 0.717) is 0 Å². The summed E-state index contributed by atoms with van der Waals surface area (Å²) in [6.07, 6.45) is 7.30. The Hall–Kier alpha value is -5.60. The van der Waals surface area contributed by atoms with E-state index in [-0.39, 0.29) is 63.3 Å². The molecule has 204 valence electrons. The molecule has 0 aromatic rings. The summed E-state index contributed by atoms with van der Waals surface area (Å²) in [4.78, 5) is 59.4. The van der Waals surface area contributed by atoms with Crippen molar-refractivity contribution in [1.29, 1.82) is 10.5 Å². The first-order valence-electron chi connectivity index (χ1n) is 11.8. The van der Waals surface area contributed by atoms with Crippen molar-refractivity contribution in [2.45, 2.75) is 37.3 Å². The minimum Gasteiger partial charge on any atom is -0.419 e. The predicted octanol–water partition coefficient (Wildman–Crippen LogP) is 1.44. The Balaban J connectivity index is 1.63. The third kappa shape index (κ3) is 6.83. The molecule has 0 N–H and O–H groups in total. The minimum absolute atomic E-state index is 0.0682. The van der Waals surface area contributed by atoms with Gasteiger partial charge in [0.1, 0.15) is 24.2 Å². The van der Waals surface area contributed by atoms with Gasteiger partial charge in [-0.1, -0.05) is 0 Å². The van der Waals surface area contributed by atoms with E-state index in [0.717, 1.165) is 12.2 Å². The monoisotopic (exact) mass is 546 g/mol. The number of nitrogens with zero attached hydrogens (tertiary/aromatic N) is 6. The molecule has 2 heterocycles. The summed E-state index contributed by atoms with van der Waals surface area (Å²) in [5, 5.41) is 17.6. The zero-order valence-corrected chi connectivity index (χ0v) is 21.1. The van der Waals surface area contributed by atoms with E-state index < -0.39 is 35.5 Å². The second kappa shape index (κ2) is 12.8. The van der Waals surface area contributed by atoms with Gasteiger partial charge in [0.2, 0.25) is 0 Å². The number of allylic oxidation sites excluding steroid dienone is 4. The highest BCUT2D eigenvalue weighted by atomic mass is 16.8. The lowest BCUT2D eigenvalue weighted by molar-refractivity contribution is -0.291. The zero-order chi connectivity index (χ0) is 29.2. The van der Waals surface area contributed by atoms with Gasteiger partial charge in [-0.3, -0.25) is 9.69 Å². The van der Waals surface area contributed by atoms with E-state index in [1.165, 1.54) is 34.4 Å². The third-order valence-electron chi connectivity index (χ3n) is 5.94. The lowest BCUT2D eigenvalue weighted by atomic mass is 9.87. The van der Waals surface area contributed by atoms with Crippen molar-refractivity contribution < 1.29 is 38.1 Å². The minimum atomic E-state index is -1.62. The fourth-order valence-electron chi connectivity index (χ4n) is 3.98. The Morgan fingerprint density at radius 2 is 1.05 bits per heavy atom. The molecule has 0 unspecified atom stereocenters. The van der Waals surface area contributed by atoms with Crippen LogP contribution in [0.2, 0.25) is 0 Å². The van der Waals surface area contributed by atoms with Crippen molar-refractivity contribution in [3.63, 3.8) is 0 Å². The van der Waals surface area contributed by atoms with Gasteiger partial charge in [0.05, 0.1) is 12.1 Å². The standard InChI is InChI=1S/C26H22N6O8/c1-29-17-32(18-30-2)14-4-6-20-23(35)39-26(40-24(20)36)9-7-25(8-10-26)37-21(33)19(22(34)38-25)5-3-13-31(15-11-27)16-12-28/h3-6,13-14H,7-10,15-18H2. The van der Waals surface area contributed by atoms with Crippen LogP contribution in [0.5, 0.6) is 0 Å².